The van der Waals surface area contributed by atoms with Gasteiger partial charge in [0.05, 0.1) is 5.92 Å². The lowest BCUT2D eigenvalue weighted by atomic mass is 9.97. The van der Waals surface area contributed by atoms with Crippen LogP contribution in [0.2, 0.25) is 0 Å². The van der Waals surface area contributed by atoms with Gasteiger partial charge in [0.15, 0.2) is 0 Å². The van der Waals surface area contributed by atoms with Crippen LogP contribution in [0.5, 0.6) is 0 Å². The van der Waals surface area contributed by atoms with Crippen LogP contribution >= 0.6 is 0 Å². The summed E-state index contributed by atoms with van der Waals surface area (Å²) < 4.78 is 0. The quantitative estimate of drug-likeness (QED) is 0.782. The molecule has 0 saturated carbocycles. The smallest absolute Gasteiger partial charge is 0.308 e. The maximum Gasteiger partial charge on any atom is 0.308 e. The number of hydrogen-bond acceptors (Lipinski definition) is 3. The van der Waals surface area contributed by atoms with Crippen molar-refractivity contribution < 1.29 is 19.5 Å². The molecule has 106 valence electrons. The molecule has 0 aliphatic carbocycles. The van der Waals surface area contributed by atoms with Crippen LogP contribution in [-0.2, 0) is 14.4 Å². The van der Waals surface area contributed by atoms with Crippen LogP contribution < -0.4 is 0 Å². The second-order valence-corrected chi connectivity index (χ2v) is 5.33. The molecule has 2 heterocycles. The third-order valence-corrected chi connectivity index (χ3v) is 4.02. The van der Waals surface area contributed by atoms with Crippen molar-refractivity contribution >= 4 is 17.8 Å². The van der Waals surface area contributed by atoms with Crippen LogP contribution in [0.25, 0.3) is 0 Å². The number of carboxylic acid groups (broad SMARTS) is 1. The predicted molar refractivity (Wildman–Crippen MR) is 67.3 cm³/mol. The van der Waals surface area contributed by atoms with Gasteiger partial charge in [0.2, 0.25) is 11.8 Å². The first-order valence-electron chi connectivity index (χ1n) is 6.79. The van der Waals surface area contributed by atoms with Crippen molar-refractivity contribution in [2.75, 3.05) is 19.6 Å². The number of carbonyl (C=O) groups is 3. The number of amides is 2. The third kappa shape index (κ3) is 2.88. The van der Waals surface area contributed by atoms with E-state index in [1.807, 2.05) is 0 Å². The molecule has 2 aliphatic rings. The van der Waals surface area contributed by atoms with Gasteiger partial charge in [-0.05, 0) is 25.7 Å². The lowest BCUT2D eigenvalue weighted by Crippen LogP contribution is -2.51. The fraction of sp³-hybridized carbons (Fsp3) is 0.769. The summed E-state index contributed by atoms with van der Waals surface area (Å²) in [4.78, 5) is 38.1. The summed E-state index contributed by atoms with van der Waals surface area (Å²) >= 11 is 0. The Kier molecular flexibility index (Phi) is 4.07. The van der Waals surface area contributed by atoms with Gasteiger partial charge in [-0.25, -0.2) is 0 Å². The Balaban J connectivity index is 2.02. The van der Waals surface area contributed by atoms with E-state index in [1.54, 1.807) is 9.80 Å². The SMILES string of the molecule is CC(=O)N1CCC[C@@H]1C(=O)N1CCC[C@@H](C(=O)O)C1. The standard InChI is InChI=1S/C13H20N2O4/c1-9(16)15-7-3-5-11(15)12(17)14-6-2-4-10(8-14)13(18)19/h10-11H,2-8H2,1H3,(H,18,19)/t10-,11-/m1/s1. The van der Waals surface area contributed by atoms with Crippen LogP contribution in [0.4, 0.5) is 0 Å². The largest absolute Gasteiger partial charge is 0.481 e. The van der Waals surface area contributed by atoms with Crippen LogP contribution in [0.3, 0.4) is 0 Å². The molecule has 0 spiro atoms. The minimum atomic E-state index is -0.840. The van der Waals surface area contributed by atoms with E-state index in [2.05, 4.69) is 0 Å². The Morgan fingerprint density at radius 2 is 1.79 bits per heavy atom. The second kappa shape index (κ2) is 5.59. The molecule has 2 fully saturated rings. The molecule has 2 atom stereocenters. The van der Waals surface area contributed by atoms with Gasteiger partial charge in [0.1, 0.15) is 6.04 Å². The zero-order valence-electron chi connectivity index (χ0n) is 11.2. The number of hydrogen-bond donors (Lipinski definition) is 1. The molecule has 2 amide bonds. The van der Waals surface area contributed by atoms with Gasteiger partial charge in [0, 0.05) is 26.6 Å². The van der Waals surface area contributed by atoms with E-state index in [4.69, 9.17) is 5.11 Å². The van der Waals surface area contributed by atoms with Crippen LogP contribution in [-0.4, -0.2) is 58.4 Å². The Labute approximate surface area is 112 Å². The fourth-order valence-corrected chi connectivity index (χ4v) is 2.99. The van der Waals surface area contributed by atoms with Crippen molar-refractivity contribution in [2.45, 2.75) is 38.6 Å². The monoisotopic (exact) mass is 268 g/mol. The van der Waals surface area contributed by atoms with E-state index >= 15 is 0 Å². The molecular formula is C13H20N2O4. The molecule has 6 nitrogen and oxygen atoms in total. The molecule has 0 unspecified atom stereocenters. The molecule has 2 rings (SSSR count). The average Bonchev–Trinajstić information content (AvgIpc) is 2.87. The Hall–Kier alpha value is -1.59. The van der Waals surface area contributed by atoms with Gasteiger partial charge in [-0.1, -0.05) is 0 Å². The van der Waals surface area contributed by atoms with Gasteiger partial charge in [-0.2, -0.15) is 0 Å². The van der Waals surface area contributed by atoms with Crippen molar-refractivity contribution in [1.82, 2.24) is 9.80 Å². The molecule has 2 saturated heterocycles. The first-order chi connectivity index (χ1) is 9.00. The van der Waals surface area contributed by atoms with Crippen LogP contribution in [0, 0.1) is 5.92 Å². The first-order valence-corrected chi connectivity index (χ1v) is 6.79. The molecule has 0 aromatic heterocycles. The van der Waals surface area contributed by atoms with Crippen LogP contribution in [0.15, 0.2) is 0 Å². The van der Waals surface area contributed by atoms with Crippen molar-refractivity contribution in [2.24, 2.45) is 5.92 Å². The maximum absolute atomic E-state index is 12.4. The van der Waals surface area contributed by atoms with E-state index in [-0.39, 0.29) is 24.4 Å². The fourth-order valence-electron chi connectivity index (χ4n) is 2.99. The number of piperidine rings is 1. The highest BCUT2D eigenvalue weighted by Gasteiger charge is 2.37. The van der Waals surface area contributed by atoms with E-state index in [0.717, 1.165) is 12.8 Å². The minimum Gasteiger partial charge on any atom is -0.481 e. The molecule has 1 N–H and O–H groups in total. The summed E-state index contributed by atoms with van der Waals surface area (Å²) in [6.45, 7) is 2.98. The number of likely N-dealkylation sites (tertiary alicyclic amines) is 2. The van der Waals surface area contributed by atoms with Crippen molar-refractivity contribution in [3.8, 4) is 0 Å². The number of rotatable bonds is 2. The zero-order valence-corrected chi connectivity index (χ0v) is 11.2. The van der Waals surface area contributed by atoms with Gasteiger partial charge >= 0.3 is 5.97 Å². The predicted octanol–water partition coefficient (Wildman–Crippen LogP) is 0.320. The highest BCUT2D eigenvalue weighted by molar-refractivity contribution is 5.88. The molecule has 0 bridgehead atoms. The summed E-state index contributed by atoms with van der Waals surface area (Å²) in [7, 11) is 0. The molecule has 0 aromatic carbocycles. The first kappa shape index (κ1) is 13.8. The average molecular weight is 268 g/mol. The van der Waals surface area contributed by atoms with Crippen molar-refractivity contribution in [3.05, 3.63) is 0 Å². The second-order valence-electron chi connectivity index (χ2n) is 5.33. The highest BCUT2D eigenvalue weighted by atomic mass is 16.4. The summed E-state index contributed by atoms with van der Waals surface area (Å²) in [6.07, 6.45) is 2.87. The Bertz CT molecular complexity index is 396. The lowest BCUT2D eigenvalue weighted by Gasteiger charge is -2.34. The van der Waals surface area contributed by atoms with Gasteiger partial charge in [-0.3, -0.25) is 14.4 Å². The highest BCUT2D eigenvalue weighted by Crippen LogP contribution is 2.23. The van der Waals surface area contributed by atoms with Gasteiger partial charge in [0.25, 0.3) is 0 Å². The molecular weight excluding hydrogens is 248 g/mol. The molecule has 2 aliphatic heterocycles. The summed E-state index contributed by atoms with van der Waals surface area (Å²) in [5, 5.41) is 9.04. The normalized spacial score (nSPS) is 27.4. The van der Waals surface area contributed by atoms with Crippen molar-refractivity contribution in [1.29, 1.82) is 0 Å². The van der Waals surface area contributed by atoms with Crippen molar-refractivity contribution in [3.63, 3.8) is 0 Å². The minimum absolute atomic E-state index is 0.0809. The van der Waals surface area contributed by atoms with Crippen LogP contribution in [0.1, 0.15) is 32.6 Å². The van der Waals surface area contributed by atoms with E-state index in [9.17, 15) is 14.4 Å². The topological polar surface area (TPSA) is 77.9 Å². The number of nitrogens with zero attached hydrogens (tertiary/aromatic N) is 2. The Morgan fingerprint density at radius 3 is 2.42 bits per heavy atom. The molecule has 0 radical (unpaired) electrons. The summed E-state index contributed by atoms with van der Waals surface area (Å²) in [6, 6.07) is -0.384. The maximum atomic E-state index is 12.4. The molecule has 19 heavy (non-hydrogen) atoms. The number of carboxylic acids is 1. The van der Waals surface area contributed by atoms with E-state index in [0.29, 0.717) is 25.9 Å². The lowest BCUT2D eigenvalue weighted by molar-refractivity contribution is -0.149. The zero-order chi connectivity index (χ0) is 14.0. The molecule has 6 heteroatoms. The van der Waals surface area contributed by atoms with Gasteiger partial charge in [-0.15, -0.1) is 0 Å². The van der Waals surface area contributed by atoms with E-state index in [1.165, 1.54) is 6.92 Å². The number of carbonyl (C=O) groups excluding carboxylic acids is 2. The van der Waals surface area contributed by atoms with E-state index < -0.39 is 11.9 Å². The number of aliphatic carboxylic acids is 1. The summed E-state index contributed by atoms with van der Waals surface area (Å²) in [5.74, 6) is -1.47. The third-order valence-electron chi connectivity index (χ3n) is 4.02. The molecule has 0 aromatic rings. The Morgan fingerprint density at radius 1 is 1.11 bits per heavy atom. The summed E-state index contributed by atoms with van der Waals surface area (Å²) in [5.41, 5.74) is 0. The van der Waals surface area contributed by atoms with Gasteiger partial charge < -0.3 is 14.9 Å².